The minimum Gasteiger partial charge on any atom is -0.465 e. The molecular weight excluding hydrogens is 278 g/mol. The summed E-state index contributed by atoms with van der Waals surface area (Å²) in [6.07, 6.45) is 0.433. The fraction of sp³-hybridized carbons (Fsp3) is 0.412. The minimum absolute atomic E-state index is 0.340. The van der Waals surface area contributed by atoms with Gasteiger partial charge in [0.25, 0.3) is 0 Å². The first-order valence-electron chi connectivity index (χ1n) is 7.49. The quantitative estimate of drug-likeness (QED) is 0.860. The molecule has 0 fully saturated rings. The highest BCUT2D eigenvalue weighted by atomic mass is 16.5. The molecule has 0 saturated carbocycles. The third-order valence-electron chi connectivity index (χ3n) is 3.80. The Morgan fingerprint density at radius 2 is 2.00 bits per heavy atom. The summed E-state index contributed by atoms with van der Waals surface area (Å²) in [5.41, 5.74) is 11.0. The van der Waals surface area contributed by atoms with Crippen molar-refractivity contribution in [3.8, 4) is 5.69 Å². The molecule has 0 radical (unpaired) electrons. The Kier molecular flexibility index (Phi) is 4.98. The van der Waals surface area contributed by atoms with Crippen LogP contribution in [0.25, 0.3) is 5.69 Å². The lowest BCUT2D eigenvalue weighted by atomic mass is 10.0. The SMILES string of the molecule is CCOC(=O)C(N)Cc1c(C)nn(-c2ccccc2C)c1C. The molecule has 22 heavy (non-hydrogen) atoms. The Hall–Kier alpha value is -2.14. The fourth-order valence-corrected chi connectivity index (χ4v) is 2.56. The molecule has 1 aromatic heterocycles. The molecule has 118 valence electrons. The van der Waals surface area contributed by atoms with Gasteiger partial charge < -0.3 is 10.5 Å². The van der Waals surface area contributed by atoms with Gasteiger partial charge in [-0.15, -0.1) is 0 Å². The summed E-state index contributed by atoms with van der Waals surface area (Å²) < 4.78 is 6.89. The highest BCUT2D eigenvalue weighted by Gasteiger charge is 2.21. The highest BCUT2D eigenvalue weighted by Crippen LogP contribution is 2.21. The van der Waals surface area contributed by atoms with E-state index in [-0.39, 0.29) is 5.97 Å². The molecule has 2 aromatic rings. The van der Waals surface area contributed by atoms with Crippen LogP contribution < -0.4 is 5.73 Å². The van der Waals surface area contributed by atoms with E-state index in [1.54, 1.807) is 6.92 Å². The number of ether oxygens (including phenoxy) is 1. The van der Waals surface area contributed by atoms with Gasteiger partial charge in [0.1, 0.15) is 6.04 Å². The van der Waals surface area contributed by atoms with Crippen molar-refractivity contribution in [3.63, 3.8) is 0 Å². The smallest absolute Gasteiger partial charge is 0.323 e. The standard InChI is InChI=1S/C17H23N3O2/c1-5-22-17(21)15(18)10-14-12(3)19-20(13(14)4)16-9-7-6-8-11(16)2/h6-9,15H,5,10,18H2,1-4H3. The first-order valence-corrected chi connectivity index (χ1v) is 7.49. The molecule has 0 spiro atoms. The molecule has 0 saturated heterocycles. The van der Waals surface area contributed by atoms with E-state index in [9.17, 15) is 4.79 Å². The monoisotopic (exact) mass is 301 g/mol. The molecule has 0 amide bonds. The molecule has 0 bridgehead atoms. The molecule has 0 aliphatic rings. The number of hydrogen-bond donors (Lipinski definition) is 1. The Bertz CT molecular complexity index is 677. The Morgan fingerprint density at radius 1 is 1.32 bits per heavy atom. The van der Waals surface area contributed by atoms with Crippen molar-refractivity contribution in [1.29, 1.82) is 0 Å². The lowest BCUT2D eigenvalue weighted by Gasteiger charge is -2.11. The topological polar surface area (TPSA) is 70.1 Å². The number of carbonyl (C=O) groups excluding carboxylic acids is 1. The largest absolute Gasteiger partial charge is 0.465 e. The van der Waals surface area contributed by atoms with Crippen molar-refractivity contribution in [2.75, 3.05) is 6.61 Å². The van der Waals surface area contributed by atoms with E-state index in [4.69, 9.17) is 10.5 Å². The number of carbonyl (C=O) groups is 1. The Morgan fingerprint density at radius 3 is 2.64 bits per heavy atom. The number of rotatable bonds is 5. The second kappa shape index (κ2) is 6.75. The summed E-state index contributed by atoms with van der Waals surface area (Å²) in [6, 6.07) is 7.41. The molecule has 0 aliphatic carbocycles. The van der Waals surface area contributed by atoms with Crippen LogP contribution in [0.4, 0.5) is 0 Å². The zero-order valence-corrected chi connectivity index (χ0v) is 13.6. The van der Waals surface area contributed by atoms with Gasteiger partial charge >= 0.3 is 5.97 Å². The van der Waals surface area contributed by atoms with Gasteiger partial charge in [-0.3, -0.25) is 4.79 Å². The lowest BCUT2D eigenvalue weighted by Crippen LogP contribution is -2.34. The van der Waals surface area contributed by atoms with Crippen molar-refractivity contribution in [2.24, 2.45) is 5.73 Å². The minimum atomic E-state index is -0.660. The van der Waals surface area contributed by atoms with Crippen molar-refractivity contribution < 1.29 is 9.53 Å². The van der Waals surface area contributed by atoms with Crippen LogP contribution in [0, 0.1) is 20.8 Å². The third-order valence-corrected chi connectivity index (χ3v) is 3.80. The Balaban J connectivity index is 2.32. The second-order valence-corrected chi connectivity index (χ2v) is 5.41. The summed E-state index contributed by atoms with van der Waals surface area (Å²) in [6.45, 7) is 8.11. The van der Waals surface area contributed by atoms with Crippen LogP contribution in [0.3, 0.4) is 0 Å². The van der Waals surface area contributed by atoms with E-state index in [0.29, 0.717) is 13.0 Å². The molecule has 0 aliphatic heterocycles. The van der Waals surface area contributed by atoms with Gasteiger partial charge in [0.05, 0.1) is 18.0 Å². The summed E-state index contributed by atoms with van der Waals surface area (Å²) >= 11 is 0. The Labute approximate surface area is 131 Å². The van der Waals surface area contributed by atoms with Gasteiger partial charge in [0.2, 0.25) is 0 Å². The molecule has 1 unspecified atom stereocenters. The summed E-state index contributed by atoms with van der Waals surface area (Å²) in [5.74, 6) is -0.370. The maximum absolute atomic E-state index is 11.7. The summed E-state index contributed by atoms with van der Waals surface area (Å²) in [4.78, 5) is 11.7. The molecule has 2 rings (SSSR count). The van der Waals surface area contributed by atoms with Gasteiger partial charge in [0.15, 0.2) is 0 Å². The van der Waals surface area contributed by atoms with Gasteiger partial charge in [-0.1, -0.05) is 18.2 Å². The maximum atomic E-state index is 11.7. The fourth-order valence-electron chi connectivity index (χ4n) is 2.56. The third kappa shape index (κ3) is 3.20. The molecule has 1 atom stereocenters. The van der Waals surface area contributed by atoms with E-state index < -0.39 is 6.04 Å². The average Bonchev–Trinajstić information content (AvgIpc) is 2.76. The molecule has 5 nitrogen and oxygen atoms in total. The van der Waals surface area contributed by atoms with Crippen LogP contribution in [-0.2, 0) is 16.0 Å². The van der Waals surface area contributed by atoms with E-state index in [2.05, 4.69) is 18.1 Å². The van der Waals surface area contributed by atoms with Crippen LogP contribution >= 0.6 is 0 Å². The molecule has 5 heteroatoms. The number of benzene rings is 1. The number of hydrogen-bond acceptors (Lipinski definition) is 4. The predicted molar refractivity (Wildman–Crippen MR) is 86.1 cm³/mol. The zero-order chi connectivity index (χ0) is 16.3. The number of nitrogens with two attached hydrogens (primary N) is 1. The first kappa shape index (κ1) is 16.2. The van der Waals surface area contributed by atoms with E-state index in [1.165, 1.54) is 0 Å². The number of para-hydroxylation sites is 1. The molecular formula is C17H23N3O2. The van der Waals surface area contributed by atoms with Crippen LogP contribution in [0.5, 0.6) is 0 Å². The molecule has 2 N–H and O–H groups in total. The van der Waals surface area contributed by atoms with E-state index in [0.717, 1.165) is 28.2 Å². The van der Waals surface area contributed by atoms with Crippen molar-refractivity contribution >= 4 is 5.97 Å². The van der Waals surface area contributed by atoms with Crippen molar-refractivity contribution in [1.82, 2.24) is 9.78 Å². The van der Waals surface area contributed by atoms with Crippen LogP contribution in [0.1, 0.15) is 29.4 Å². The molecule has 1 aromatic carbocycles. The number of aryl methyl sites for hydroxylation is 2. The maximum Gasteiger partial charge on any atom is 0.323 e. The van der Waals surface area contributed by atoms with E-state index >= 15 is 0 Å². The van der Waals surface area contributed by atoms with Gasteiger partial charge in [-0.25, -0.2) is 4.68 Å². The highest BCUT2D eigenvalue weighted by molar-refractivity contribution is 5.76. The number of nitrogens with zero attached hydrogens (tertiary/aromatic N) is 2. The molecule has 1 heterocycles. The van der Waals surface area contributed by atoms with Gasteiger partial charge in [-0.2, -0.15) is 5.10 Å². The zero-order valence-electron chi connectivity index (χ0n) is 13.6. The number of esters is 1. The number of aromatic nitrogens is 2. The lowest BCUT2D eigenvalue weighted by molar-refractivity contribution is -0.144. The van der Waals surface area contributed by atoms with Gasteiger partial charge in [0, 0.05) is 12.1 Å². The van der Waals surface area contributed by atoms with Crippen molar-refractivity contribution in [2.45, 2.75) is 40.2 Å². The first-order chi connectivity index (χ1) is 10.5. The van der Waals surface area contributed by atoms with Gasteiger partial charge in [-0.05, 0) is 44.9 Å². The summed E-state index contributed by atoms with van der Waals surface area (Å²) in [7, 11) is 0. The van der Waals surface area contributed by atoms with Crippen LogP contribution in [0.15, 0.2) is 24.3 Å². The van der Waals surface area contributed by atoms with Crippen molar-refractivity contribution in [3.05, 3.63) is 46.8 Å². The predicted octanol–water partition coefficient (Wildman–Crippen LogP) is 2.23. The normalized spacial score (nSPS) is 12.2. The average molecular weight is 301 g/mol. The second-order valence-electron chi connectivity index (χ2n) is 5.41. The summed E-state index contributed by atoms with van der Waals surface area (Å²) in [5, 5.41) is 4.61. The van der Waals surface area contributed by atoms with E-state index in [1.807, 2.05) is 36.7 Å². The van der Waals surface area contributed by atoms with Crippen LogP contribution in [0.2, 0.25) is 0 Å². The van der Waals surface area contributed by atoms with Crippen LogP contribution in [-0.4, -0.2) is 28.4 Å².